The molecule has 0 bridgehead atoms. The predicted octanol–water partition coefficient (Wildman–Crippen LogP) is 5.30. The average Bonchev–Trinajstić information content (AvgIpc) is 2.92. The van der Waals surface area contributed by atoms with Crippen LogP contribution < -0.4 is 9.62 Å². The maximum absolute atomic E-state index is 14.1. The molecule has 0 aliphatic heterocycles. The highest BCUT2D eigenvalue weighted by atomic mass is 32.2. The molecule has 1 atom stereocenters. The number of amides is 2. The molecule has 0 aromatic heterocycles. The number of halogens is 1. The molecule has 0 spiro atoms. The van der Waals surface area contributed by atoms with Crippen LogP contribution >= 0.6 is 0 Å². The number of carbonyl (C=O) groups excluding carboxylic acids is 2. The summed E-state index contributed by atoms with van der Waals surface area (Å²) in [7, 11) is -3.86. The standard InChI is InChI=1S/C33H42FN3O4S/c1-24(2)21-35-32(39)30(20-25-10-8-7-9-11-25)36(22-26-12-16-28(34)17-13-26)31(38)23-37(42(6,40)41)29-18-14-27(15-19-29)33(3,4)5/h7-19,24,30H,20-23H2,1-6H3,(H,35,39)/t30-/m1/s1. The zero-order valence-electron chi connectivity index (χ0n) is 25.3. The van der Waals surface area contributed by atoms with Crippen LogP contribution in [0.4, 0.5) is 10.1 Å². The van der Waals surface area contributed by atoms with Crippen LogP contribution in [0, 0.1) is 11.7 Å². The number of sulfonamides is 1. The second-order valence-corrected chi connectivity index (χ2v) is 14.0. The van der Waals surface area contributed by atoms with E-state index in [1.165, 1.54) is 17.0 Å². The van der Waals surface area contributed by atoms with Crippen LogP contribution in [-0.4, -0.2) is 50.5 Å². The Kier molecular flexibility index (Phi) is 10.9. The minimum absolute atomic E-state index is 0.00766. The van der Waals surface area contributed by atoms with Gasteiger partial charge in [-0.1, -0.05) is 89.2 Å². The molecule has 7 nitrogen and oxygen atoms in total. The Morgan fingerprint density at radius 1 is 0.881 bits per heavy atom. The molecule has 0 heterocycles. The van der Waals surface area contributed by atoms with Crippen LogP contribution in [0.2, 0.25) is 0 Å². The van der Waals surface area contributed by atoms with Gasteiger partial charge >= 0.3 is 0 Å². The number of benzene rings is 3. The molecule has 226 valence electrons. The van der Waals surface area contributed by atoms with Crippen molar-refractivity contribution in [2.24, 2.45) is 5.92 Å². The highest BCUT2D eigenvalue weighted by Crippen LogP contribution is 2.26. The predicted molar refractivity (Wildman–Crippen MR) is 166 cm³/mol. The van der Waals surface area contributed by atoms with E-state index >= 15 is 0 Å². The number of carbonyl (C=O) groups is 2. The summed E-state index contributed by atoms with van der Waals surface area (Å²) >= 11 is 0. The molecule has 0 unspecified atom stereocenters. The van der Waals surface area contributed by atoms with E-state index in [-0.39, 0.29) is 30.2 Å². The summed E-state index contributed by atoms with van der Waals surface area (Å²) in [6, 6.07) is 21.2. The maximum atomic E-state index is 14.1. The smallest absolute Gasteiger partial charge is 0.244 e. The van der Waals surface area contributed by atoms with Crippen LogP contribution in [0.15, 0.2) is 78.9 Å². The van der Waals surface area contributed by atoms with E-state index in [0.717, 1.165) is 21.7 Å². The van der Waals surface area contributed by atoms with E-state index in [1.807, 2.05) is 56.3 Å². The molecule has 0 saturated heterocycles. The SMILES string of the molecule is CC(C)CNC(=O)[C@@H](Cc1ccccc1)N(Cc1ccc(F)cc1)C(=O)CN(c1ccc(C(C)(C)C)cc1)S(C)(=O)=O. The van der Waals surface area contributed by atoms with Gasteiger partial charge in [-0.15, -0.1) is 0 Å². The minimum atomic E-state index is -3.86. The third-order valence-electron chi connectivity index (χ3n) is 6.92. The maximum Gasteiger partial charge on any atom is 0.244 e. The first-order chi connectivity index (χ1) is 19.6. The quantitative estimate of drug-likeness (QED) is 0.308. The molecule has 0 aliphatic carbocycles. The summed E-state index contributed by atoms with van der Waals surface area (Å²) in [5.41, 5.74) is 2.69. The zero-order chi connectivity index (χ0) is 31.1. The molecule has 42 heavy (non-hydrogen) atoms. The first kappa shape index (κ1) is 32.8. The van der Waals surface area contributed by atoms with Crippen molar-refractivity contribution in [3.05, 3.63) is 101 Å². The first-order valence-corrected chi connectivity index (χ1v) is 15.9. The number of hydrogen-bond donors (Lipinski definition) is 1. The fourth-order valence-corrected chi connectivity index (χ4v) is 5.35. The molecule has 3 rings (SSSR count). The van der Waals surface area contributed by atoms with Crippen molar-refractivity contribution in [1.82, 2.24) is 10.2 Å². The number of anilines is 1. The van der Waals surface area contributed by atoms with Gasteiger partial charge in [-0.2, -0.15) is 0 Å². The number of rotatable bonds is 12. The van der Waals surface area contributed by atoms with Crippen molar-refractivity contribution in [2.45, 2.75) is 59.0 Å². The van der Waals surface area contributed by atoms with Crippen molar-refractivity contribution >= 4 is 27.5 Å². The van der Waals surface area contributed by atoms with Crippen LogP contribution in [0.3, 0.4) is 0 Å². The van der Waals surface area contributed by atoms with Crippen molar-refractivity contribution in [3.8, 4) is 0 Å². The molecule has 1 N–H and O–H groups in total. The van der Waals surface area contributed by atoms with Crippen LogP contribution in [0.25, 0.3) is 0 Å². The highest BCUT2D eigenvalue weighted by Gasteiger charge is 2.33. The highest BCUT2D eigenvalue weighted by molar-refractivity contribution is 7.92. The van der Waals surface area contributed by atoms with Gasteiger partial charge in [0.15, 0.2) is 0 Å². The molecule has 9 heteroatoms. The zero-order valence-corrected chi connectivity index (χ0v) is 26.1. The third kappa shape index (κ3) is 9.41. The largest absolute Gasteiger partial charge is 0.354 e. The van der Waals surface area contributed by atoms with E-state index < -0.39 is 34.3 Å². The molecule has 3 aromatic carbocycles. The van der Waals surface area contributed by atoms with Gasteiger partial charge in [0, 0.05) is 19.5 Å². The summed E-state index contributed by atoms with van der Waals surface area (Å²) in [5, 5.41) is 2.94. The lowest BCUT2D eigenvalue weighted by atomic mass is 9.87. The lowest BCUT2D eigenvalue weighted by Crippen LogP contribution is -2.53. The van der Waals surface area contributed by atoms with E-state index in [9.17, 15) is 22.4 Å². The van der Waals surface area contributed by atoms with Gasteiger partial charge in [0.05, 0.1) is 11.9 Å². The Morgan fingerprint density at radius 2 is 1.48 bits per heavy atom. The first-order valence-electron chi connectivity index (χ1n) is 14.1. The van der Waals surface area contributed by atoms with E-state index in [0.29, 0.717) is 17.8 Å². The lowest BCUT2D eigenvalue weighted by Gasteiger charge is -2.33. The molecule has 3 aromatic rings. The van der Waals surface area contributed by atoms with Gasteiger partial charge in [-0.25, -0.2) is 12.8 Å². The Bertz CT molecular complexity index is 1440. The van der Waals surface area contributed by atoms with Gasteiger partial charge in [0.25, 0.3) is 0 Å². The van der Waals surface area contributed by atoms with Gasteiger partial charge < -0.3 is 10.2 Å². The fourth-order valence-electron chi connectivity index (χ4n) is 4.50. The van der Waals surface area contributed by atoms with E-state index in [4.69, 9.17) is 0 Å². The molecular weight excluding hydrogens is 553 g/mol. The summed E-state index contributed by atoms with van der Waals surface area (Å²) in [6.07, 6.45) is 1.27. The normalized spacial score (nSPS) is 12.6. The molecule has 0 radical (unpaired) electrons. The van der Waals surface area contributed by atoms with Crippen LogP contribution in [0.5, 0.6) is 0 Å². The molecule has 0 saturated carbocycles. The van der Waals surface area contributed by atoms with Crippen LogP contribution in [-0.2, 0) is 38.0 Å². The molecule has 0 fully saturated rings. The van der Waals surface area contributed by atoms with Crippen molar-refractivity contribution < 1.29 is 22.4 Å². The van der Waals surface area contributed by atoms with E-state index in [1.54, 1.807) is 24.3 Å². The Hall–Kier alpha value is -3.72. The van der Waals surface area contributed by atoms with Gasteiger partial charge in [0.2, 0.25) is 21.8 Å². The van der Waals surface area contributed by atoms with Gasteiger partial charge in [-0.3, -0.25) is 13.9 Å². The van der Waals surface area contributed by atoms with Crippen molar-refractivity contribution in [2.75, 3.05) is 23.7 Å². The summed E-state index contributed by atoms with van der Waals surface area (Å²) in [5.74, 6) is -1.13. The summed E-state index contributed by atoms with van der Waals surface area (Å²) in [6.45, 7) is 10.0. The Labute approximate surface area is 249 Å². The second-order valence-electron chi connectivity index (χ2n) is 12.1. The summed E-state index contributed by atoms with van der Waals surface area (Å²) < 4.78 is 40.7. The van der Waals surface area contributed by atoms with Crippen LogP contribution in [0.1, 0.15) is 51.3 Å². The van der Waals surface area contributed by atoms with Crippen molar-refractivity contribution in [1.29, 1.82) is 0 Å². The van der Waals surface area contributed by atoms with Gasteiger partial charge in [0.1, 0.15) is 18.4 Å². The Balaban J connectivity index is 2.04. The fraction of sp³-hybridized carbons (Fsp3) is 0.394. The topological polar surface area (TPSA) is 86.8 Å². The number of nitrogens with zero attached hydrogens (tertiary/aromatic N) is 2. The van der Waals surface area contributed by atoms with Crippen molar-refractivity contribution in [3.63, 3.8) is 0 Å². The average molecular weight is 596 g/mol. The van der Waals surface area contributed by atoms with Gasteiger partial charge in [-0.05, 0) is 52.3 Å². The summed E-state index contributed by atoms with van der Waals surface area (Å²) in [4.78, 5) is 29.1. The molecular formula is C33H42FN3O4S. The monoisotopic (exact) mass is 595 g/mol. The lowest BCUT2D eigenvalue weighted by molar-refractivity contribution is -0.140. The number of hydrogen-bond acceptors (Lipinski definition) is 4. The molecule has 2 amide bonds. The number of nitrogens with one attached hydrogen (secondary N) is 1. The second kappa shape index (κ2) is 14.0. The Morgan fingerprint density at radius 3 is 2.00 bits per heavy atom. The van der Waals surface area contributed by atoms with E-state index in [2.05, 4.69) is 26.1 Å². The molecule has 0 aliphatic rings. The third-order valence-corrected chi connectivity index (χ3v) is 8.06. The minimum Gasteiger partial charge on any atom is -0.354 e.